The van der Waals surface area contributed by atoms with Crippen molar-refractivity contribution >= 4 is 52.5 Å². The first kappa shape index (κ1) is 21.0. The maximum atomic E-state index is 11.5. The molecule has 0 fully saturated rings. The highest BCUT2D eigenvalue weighted by Crippen LogP contribution is 2.26. The number of aromatic nitrogens is 3. The zero-order valence-corrected chi connectivity index (χ0v) is 16.2. The number of alkyl halides is 3. The third-order valence-electron chi connectivity index (χ3n) is 2.28. The van der Waals surface area contributed by atoms with Crippen LogP contribution in [0.15, 0.2) is 41.8 Å². The third-order valence-corrected chi connectivity index (χ3v) is 3.44. The van der Waals surface area contributed by atoms with Gasteiger partial charge in [0.2, 0.25) is 3.79 Å². The molecule has 0 atom stereocenters. The van der Waals surface area contributed by atoms with Crippen molar-refractivity contribution in [2.24, 2.45) is 0 Å². The van der Waals surface area contributed by atoms with Crippen LogP contribution in [0.1, 0.15) is 13.8 Å². The number of carbonyl (C=O) groups excluding carboxylic acids is 1. The summed E-state index contributed by atoms with van der Waals surface area (Å²) in [7, 11) is 0. The lowest BCUT2D eigenvalue weighted by atomic mass is 10.3. The van der Waals surface area contributed by atoms with Gasteiger partial charge >= 0.3 is 5.97 Å². The summed E-state index contributed by atoms with van der Waals surface area (Å²) in [6, 6.07) is 7.27. The molecule has 0 spiro atoms. The summed E-state index contributed by atoms with van der Waals surface area (Å²) in [5, 5.41) is 0.439. The molecule has 0 aliphatic rings. The van der Waals surface area contributed by atoms with Gasteiger partial charge in [-0.15, -0.1) is 0 Å². The van der Waals surface area contributed by atoms with E-state index in [9.17, 15) is 4.79 Å². The molecule has 24 heavy (non-hydrogen) atoms. The summed E-state index contributed by atoms with van der Waals surface area (Å²) in [6.07, 6.45) is 3.28. The quantitative estimate of drug-likeness (QED) is 0.312. The van der Waals surface area contributed by atoms with E-state index in [1.807, 2.05) is 32.0 Å². The molecule has 0 saturated heterocycles. The fourth-order valence-corrected chi connectivity index (χ4v) is 2.19. The van der Waals surface area contributed by atoms with E-state index in [0.29, 0.717) is 10.9 Å². The topological polar surface area (TPSA) is 65.0 Å². The van der Waals surface area contributed by atoms with Crippen LogP contribution in [0.25, 0.3) is 11.4 Å². The summed E-state index contributed by atoms with van der Waals surface area (Å²) in [4.78, 5) is 24.1. The molecular weight excluding hydrogens is 393 g/mol. The lowest BCUT2D eigenvalue weighted by Crippen LogP contribution is -2.18. The highest BCUT2D eigenvalue weighted by molar-refractivity contribution is 7.99. The van der Waals surface area contributed by atoms with Crippen LogP contribution in [-0.4, -0.2) is 37.1 Å². The highest BCUT2D eigenvalue weighted by Gasteiger charge is 2.22. The summed E-state index contributed by atoms with van der Waals surface area (Å²) >= 11 is 17.6. The van der Waals surface area contributed by atoms with E-state index in [1.54, 1.807) is 18.5 Å². The van der Waals surface area contributed by atoms with Crippen LogP contribution < -0.4 is 0 Å². The van der Waals surface area contributed by atoms with Crippen molar-refractivity contribution in [1.82, 2.24) is 15.0 Å². The molecular formula is C15H16Cl3N3O2S. The molecule has 0 unspecified atom stereocenters. The number of rotatable bonds is 5. The number of hydrogen-bond acceptors (Lipinski definition) is 6. The summed E-state index contributed by atoms with van der Waals surface area (Å²) < 4.78 is 3.20. The number of ether oxygens (including phenoxy) is 1. The molecule has 0 bridgehead atoms. The monoisotopic (exact) mass is 407 g/mol. The lowest BCUT2D eigenvalue weighted by molar-refractivity contribution is -0.140. The Morgan fingerprint density at radius 3 is 2.50 bits per heavy atom. The second-order valence-corrected chi connectivity index (χ2v) is 7.46. The molecule has 0 radical (unpaired) electrons. The molecule has 0 saturated carbocycles. The Morgan fingerprint density at radius 1 is 1.12 bits per heavy atom. The second kappa shape index (κ2) is 10.7. The van der Waals surface area contributed by atoms with Crippen LogP contribution in [0.3, 0.4) is 0 Å². The molecule has 130 valence electrons. The Bertz CT molecular complexity index is 639. The van der Waals surface area contributed by atoms with Gasteiger partial charge in [0.25, 0.3) is 0 Å². The Morgan fingerprint density at radius 2 is 1.88 bits per heavy atom. The van der Waals surface area contributed by atoms with Crippen molar-refractivity contribution in [3.8, 4) is 11.4 Å². The minimum atomic E-state index is -1.62. The molecule has 2 aromatic rings. The summed E-state index contributed by atoms with van der Waals surface area (Å²) in [6.45, 7) is 3.70. The van der Waals surface area contributed by atoms with Crippen LogP contribution in [0.2, 0.25) is 0 Å². The molecule has 0 N–H and O–H groups in total. The standard InChI is InChI=1S/C13H10Cl3N3O2S.C2H6/c14-13(15,16)8-21-11(20)7-22-12-18-6-4-10(19-12)9-3-1-2-5-17-9;1-2/h1-6H,7-8H2;1-2H3. The first-order valence-corrected chi connectivity index (χ1v) is 9.15. The van der Waals surface area contributed by atoms with Crippen molar-refractivity contribution in [2.45, 2.75) is 22.8 Å². The maximum Gasteiger partial charge on any atom is 0.316 e. The summed E-state index contributed by atoms with van der Waals surface area (Å²) in [5.41, 5.74) is 1.40. The van der Waals surface area contributed by atoms with Gasteiger partial charge in [0.05, 0.1) is 17.1 Å². The van der Waals surface area contributed by atoms with Crippen LogP contribution in [-0.2, 0) is 9.53 Å². The van der Waals surface area contributed by atoms with Crippen molar-refractivity contribution in [1.29, 1.82) is 0 Å². The Hall–Kier alpha value is -1.08. The fraction of sp³-hybridized carbons (Fsp3) is 0.333. The third kappa shape index (κ3) is 8.15. The minimum Gasteiger partial charge on any atom is -0.460 e. The maximum absolute atomic E-state index is 11.5. The van der Waals surface area contributed by atoms with E-state index in [1.165, 1.54) is 0 Å². The number of esters is 1. The average molecular weight is 409 g/mol. The molecule has 0 aromatic carbocycles. The van der Waals surface area contributed by atoms with Crippen molar-refractivity contribution in [2.75, 3.05) is 12.4 Å². The Kier molecular flexibility index (Phi) is 9.36. The molecule has 2 rings (SSSR count). The molecule has 9 heteroatoms. The van der Waals surface area contributed by atoms with E-state index in [2.05, 4.69) is 15.0 Å². The SMILES string of the molecule is CC.O=C(CSc1nccc(-c2ccccn2)n1)OCC(Cl)(Cl)Cl. The van der Waals surface area contributed by atoms with Crippen LogP contribution >= 0.6 is 46.6 Å². The van der Waals surface area contributed by atoms with Crippen molar-refractivity contribution in [3.05, 3.63) is 36.7 Å². The fourth-order valence-electron chi connectivity index (χ4n) is 1.39. The molecule has 2 heterocycles. The van der Waals surface area contributed by atoms with E-state index in [4.69, 9.17) is 39.5 Å². The van der Waals surface area contributed by atoms with Gasteiger partial charge in [-0.1, -0.05) is 66.5 Å². The number of carbonyl (C=O) groups is 1. The molecule has 0 amide bonds. The van der Waals surface area contributed by atoms with Crippen LogP contribution in [0.4, 0.5) is 0 Å². The van der Waals surface area contributed by atoms with Gasteiger partial charge in [0.15, 0.2) is 5.16 Å². The first-order valence-electron chi connectivity index (χ1n) is 7.04. The molecule has 0 aliphatic heterocycles. The predicted octanol–water partition coefficient (Wildman–Crippen LogP) is 4.57. The Balaban J connectivity index is 0.00000139. The molecule has 0 aliphatic carbocycles. The first-order chi connectivity index (χ1) is 11.4. The van der Waals surface area contributed by atoms with Crippen molar-refractivity contribution < 1.29 is 9.53 Å². The molecule has 2 aromatic heterocycles. The summed E-state index contributed by atoms with van der Waals surface area (Å²) in [5.74, 6) is -0.491. The normalized spacial score (nSPS) is 10.5. The highest BCUT2D eigenvalue weighted by atomic mass is 35.6. The number of hydrogen-bond donors (Lipinski definition) is 0. The smallest absolute Gasteiger partial charge is 0.316 e. The largest absolute Gasteiger partial charge is 0.460 e. The second-order valence-electron chi connectivity index (χ2n) is 4.00. The number of halogens is 3. The zero-order valence-electron chi connectivity index (χ0n) is 13.1. The van der Waals surface area contributed by atoms with Gasteiger partial charge in [0.1, 0.15) is 6.61 Å². The van der Waals surface area contributed by atoms with Gasteiger partial charge in [-0.25, -0.2) is 9.97 Å². The van der Waals surface area contributed by atoms with Crippen molar-refractivity contribution in [3.63, 3.8) is 0 Å². The Labute approximate surface area is 160 Å². The van der Waals surface area contributed by atoms with Crippen LogP contribution in [0, 0.1) is 0 Å². The average Bonchev–Trinajstić information content (AvgIpc) is 2.60. The van der Waals surface area contributed by atoms with E-state index in [-0.39, 0.29) is 12.4 Å². The number of pyridine rings is 1. The number of nitrogens with zero attached hydrogens (tertiary/aromatic N) is 3. The van der Waals surface area contributed by atoms with Gasteiger partial charge in [0, 0.05) is 12.4 Å². The van der Waals surface area contributed by atoms with Gasteiger partial charge in [-0.05, 0) is 18.2 Å². The van der Waals surface area contributed by atoms with E-state index >= 15 is 0 Å². The van der Waals surface area contributed by atoms with E-state index < -0.39 is 9.76 Å². The van der Waals surface area contributed by atoms with Gasteiger partial charge in [-0.3, -0.25) is 9.78 Å². The molecule has 5 nitrogen and oxygen atoms in total. The van der Waals surface area contributed by atoms with Gasteiger partial charge < -0.3 is 4.74 Å². The van der Waals surface area contributed by atoms with Gasteiger partial charge in [-0.2, -0.15) is 0 Å². The number of thioether (sulfide) groups is 1. The van der Waals surface area contributed by atoms with Crippen LogP contribution in [0.5, 0.6) is 0 Å². The zero-order chi connectivity index (χ0) is 18.0. The predicted molar refractivity (Wildman–Crippen MR) is 98.6 cm³/mol. The van der Waals surface area contributed by atoms with E-state index in [0.717, 1.165) is 17.5 Å². The lowest BCUT2D eigenvalue weighted by Gasteiger charge is -2.10. The minimum absolute atomic E-state index is 0.0203.